The molecule has 4 nitrogen and oxygen atoms in total. The Balaban J connectivity index is 2.05. The number of hydrogen-bond acceptors (Lipinski definition) is 3. The van der Waals surface area contributed by atoms with Gasteiger partial charge in [0.15, 0.2) is 0 Å². The van der Waals surface area contributed by atoms with Crippen molar-refractivity contribution in [1.29, 1.82) is 0 Å². The van der Waals surface area contributed by atoms with Gasteiger partial charge in [0.2, 0.25) is 5.91 Å². The lowest BCUT2D eigenvalue weighted by atomic mass is 10.1. The highest BCUT2D eigenvalue weighted by atomic mass is 35.5. The average molecular weight is 297 g/mol. The molecule has 2 rings (SSSR count). The van der Waals surface area contributed by atoms with Crippen LogP contribution in [0.2, 0.25) is 5.02 Å². The van der Waals surface area contributed by atoms with E-state index in [1.165, 1.54) is 0 Å². The largest absolute Gasteiger partial charge is 0.385 e. The fraction of sp³-hybridized carbons (Fsp3) is 0.533. The Morgan fingerprint density at radius 3 is 2.65 bits per heavy atom. The Hall–Kier alpha value is -1.10. The molecular weight excluding hydrogens is 276 g/mol. The number of rotatable bonds is 6. The van der Waals surface area contributed by atoms with Gasteiger partial charge in [-0.15, -0.1) is 0 Å². The van der Waals surface area contributed by atoms with Crippen LogP contribution < -0.4 is 5.32 Å². The summed E-state index contributed by atoms with van der Waals surface area (Å²) in [5.41, 5.74) is 1.07. The molecule has 1 aliphatic heterocycles. The summed E-state index contributed by atoms with van der Waals surface area (Å²) in [4.78, 5) is 14.1. The second kappa shape index (κ2) is 7.07. The lowest BCUT2D eigenvalue weighted by Crippen LogP contribution is -2.31. The van der Waals surface area contributed by atoms with Crippen LogP contribution in [-0.4, -0.2) is 37.1 Å². The molecule has 2 atom stereocenters. The zero-order valence-electron chi connectivity index (χ0n) is 11.9. The predicted molar refractivity (Wildman–Crippen MR) is 79.6 cm³/mol. The van der Waals surface area contributed by atoms with Crippen LogP contribution in [0.5, 0.6) is 0 Å². The van der Waals surface area contributed by atoms with E-state index in [0.29, 0.717) is 5.02 Å². The summed E-state index contributed by atoms with van der Waals surface area (Å²) in [6, 6.07) is 7.50. The van der Waals surface area contributed by atoms with Gasteiger partial charge in [-0.25, -0.2) is 0 Å². The van der Waals surface area contributed by atoms with Crippen molar-refractivity contribution in [3.8, 4) is 0 Å². The third-order valence-electron chi connectivity index (χ3n) is 3.56. The van der Waals surface area contributed by atoms with Gasteiger partial charge in [-0.1, -0.05) is 23.7 Å². The first-order chi connectivity index (χ1) is 9.63. The molecule has 20 heavy (non-hydrogen) atoms. The smallest absolute Gasteiger partial charge is 0.241 e. The number of benzene rings is 1. The van der Waals surface area contributed by atoms with Crippen molar-refractivity contribution in [2.24, 2.45) is 0 Å². The highest BCUT2D eigenvalue weighted by molar-refractivity contribution is 6.30. The first kappa shape index (κ1) is 15.3. The lowest BCUT2D eigenvalue weighted by Gasteiger charge is -2.24. The van der Waals surface area contributed by atoms with E-state index in [2.05, 4.69) is 5.32 Å². The molecule has 1 amide bonds. The summed E-state index contributed by atoms with van der Waals surface area (Å²) in [5, 5.41) is 4.04. The van der Waals surface area contributed by atoms with Gasteiger partial charge in [-0.3, -0.25) is 10.1 Å². The standard InChI is InChI=1S/C15H21ClN2O2/c1-11-15(19)18(9-3-4-10-20-2)14(17-11)12-5-7-13(16)8-6-12/h5-8,11,14,17H,3-4,9-10H2,1-2H3. The minimum absolute atomic E-state index is 0.0580. The van der Waals surface area contributed by atoms with Crippen LogP contribution in [-0.2, 0) is 9.53 Å². The number of nitrogens with zero attached hydrogens (tertiary/aromatic N) is 1. The Bertz CT molecular complexity index is 450. The summed E-state index contributed by atoms with van der Waals surface area (Å²) >= 11 is 5.92. The van der Waals surface area contributed by atoms with Crippen molar-refractivity contribution in [3.63, 3.8) is 0 Å². The number of ether oxygens (including phenoxy) is 1. The number of unbranched alkanes of at least 4 members (excludes halogenated alkanes) is 1. The molecule has 1 aliphatic rings. The third-order valence-corrected chi connectivity index (χ3v) is 3.81. The van der Waals surface area contributed by atoms with Gasteiger partial charge in [-0.05, 0) is 37.5 Å². The Kier molecular flexibility index (Phi) is 5.40. The molecule has 2 unspecified atom stereocenters. The Morgan fingerprint density at radius 2 is 2.00 bits per heavy atom. The molecule has 0 radical (unpaired) electrons. The molecule has 1 fully saturated rings. The monoisotopic (exact) mass is 296 g/mol. The Labute approximate surface area is 125 Å². The van der Waals surface area contributed by atoms with Crippen molar-refractivity contribution in [1.82, 2.24) is 10.2 Å². The fourth-order valence-electron chi connectivity index (χ4n) is 2.46. The van der Waals surface area contributed by atoms with E-state index in [-0.39, 0.29) is 18.1 Å². The number of halogens is 1. The maximum atomic E-state index is 12.2. The van der Waals surface area contributed by atoms with Crippen LogP contribution in [0, 0.1) is 0 Å². The van der Waals surface area contributed by atoms with Crippen LogP contribution in [0.25, 0.3) is 0 Å². The molecule has 0 aromatic heterocycles. The first-order valence-corrected chi connectivity index (χ1v) is 7.32. The summed E-state index contributed by atoms with van der Waals surface area (Å²) in [6.07, 6.45) is 1.84. The van der Waals surface area contributed by atoms with Crippen LogP contribution in [0.4, 0.5) is 0 Å². The number of carbonyl (C=O) groups is 1. The maximum absolute atomic E-state index is 12.2. The molecule has 1 N–H and O–H groups in total. The molecule has 1 aromatic carbocycles. The number of methoxy groups -OCH3 is 1. The van der Waals surface area contributed by atoms with Crippen molar-refractivity contribution in [2.75, 3.05) is 20.3 Å². The number of amides is 1. The van der Waals surface area contributed by atoms with Crippen molar-refractivity contribution < 1.29 is 9.53 Å². The molecule has 0 spiro atoms. The quantitative estimate of drug-likeness (QED) is 0.821. The van der Waals surface area contributed by atoms with Gasteiger partial charge in [-0.2, -0.15) is 0 Å². The van der Waals surface area contributed by atoms with Gasteiger partial charge in [0.25, 0.3) is 0 Å². The van der Waals surface area contributed by atoms with Crippen molar-refractivity contribution in [3.05, 3.63) is 34.9 Å². The molecule has 0 saturated carbocycles. The number of hydrogen-bond donors (Lipinski definition) is 1. The molecule has 5 heteroatoms. The summed E-state index contributed by atoms with van der Waals surface area (Å²) in [7, 11) is 1.70. The molecule has 0 bridgehead atoms. The van der Waals surface area contributed by atoms with E-state index in [9.17, 15) is 4.79 Å². The molecule has 110 valence electrons. The topological polar surface area (TPSA) is 41.6 Å². The van der Waals surface area contributed by atoms with E-state index in [0.717, 1.165) is 31.6 Å². The minimum Gasteiger partial charge on any atom is -0.385 e. The predicted octanol–water partition coefficient (Wildman–Crippen LogP) is 2.59. The fourth-order valence-corrected chi connectivity index (χ4v) is 2.59. The van der Waals surface area contributed by atoms with E-state index >= 15 is 0 Å². The van der Waals surface area contributed by atoms with Gasteiger partial charge < -0.3 is 9.64 Å². The molecular formula is C15H21ClN2O2. The van der Waals surface area contributed by atoms with Gasteiger partial charge >= 0.3 is 0 Å². The van der Waals surface area contributed by atoms with Crippen molar-refractivity contribution >= 4 is 17.5 Å². The highest BCUT2D eigenvalue weighted by Gasteiger charge is 2.36. The average Bonchev–Trinajstić information content (AvgIpc) is 2.72. The number of carbonyl (C=O) groups excluding carboxylic acids is 1. The zero-order valence-corrected chi connectivity index (χ0v) is 12.7. The third kappa shape index (κ3) is 3.51. The number of nitrogens with one attached hydrogen (secondary N) is 1. The van der Waals surface area contributed by atoms with E-state index in [1.54, 1.807) is 7.11 Å². The van der Waals surface area contributed by atoms with Gasteiger partial charge in [0, 0.05) is 25.3 Å². The summed E-state index contributed by atoms with van der Waals surface area (Å²) in [5.74, 6) is 0.155. The van der Waals surface area contributed by atoms with Crippen LogP contribution in [0.15, 0.2) is 24.3 Å². The SMILES string of the molecule is COCCCCN1C(=O)C(C)NC1c1ccc(Cl)cc1. The molecule has 1 aromatic rings. The zero-order chi connectivity index (χ0) is 14.5. The second-order valence-electron chi connectivity index (χ2n) is 5.07. The van der Waals surface area contributed by atoms with Gasteiger partial charge in [0.05, 0.1) is 6.04 Å². The minimum atomic E-state index is -0.141. The van der Waals surface area contributed by atoms with E-state index in [4.69, 9.17) is 16.3 Å². The van der Waals surface area contributed by atoms with Gasteiger partial charge in [0.1, 0.15) is 6.17 Å². The molecule has 1 heterocycles. The normalized spacial score (nSPS) is 22.6. The second-order valence-corrected chi connectivity index (χ2v) is 5.51. The maximum Gasteiger partial charge on any atom is 0.241 e. The van der Waals surface area contributed by atoms with Crippen LogP contribution >= 0.6 is 11.6 Å². The molecule has 0 aliphatic carbocycles. The lowest BCUT2D eigenvalue weighted by molar-refractivity contribution is -0.129. The van der Waals surface area contributed by atoms with Crippen LogP contribution in [0.3, 0.4) is 0 Å². The molecule has 1 saturated heterocycles. The summed E-state index contributed by atoms with van der Waals surface area (Å²) < 4.78 is 5.05. The highest BCUT2D eigenvalue weighted by Crippen LogP contribution is 2.26. The van der Waals surface area contributed by atoms with Crippen molar-refractivity contribution in [2.45, 2.75) is 32.0 Å². The van der Waals surface area contributed by atoms with Crippen LogP contribution in [0.1, 0.15) is 31.5 Å². The van der Waals surface area contributed by atoms with E-state index < -0.39 is 0 Å². The first-order valence-electron chi connectivity index (χ1n) is 6.94. The Morgan fingerprint density at radius 1 is 1.30 bits per heavy atom. The van der Waals surface area contributed by atoms with E-state index in [1.807, 2.05) is 36.1 Å². The summed E-state index contributed by atoms with van der Waals surface area (Å²) in [6.45, 7) is 3.38.